The topological polar surface area (TPSA) is 13.0 Å². The number of nitrogens with zero attached hydrogens (tertiary/aromatic N) is 4. The minimum absolute atomic E-state index is 1.12. The Morgan fingerprint density at radius 1 is 0.259 bits per heavy atom. The molecule has 8 aromatic carbocycles. The molecule has 0 amide bonds. The highest BCUT2D eigenvalue weighted by Gasteiger charge is 2.14. The summed E-state index contributed by atoms with van der Waals surface area (Å²) in [6.45, 7) is 0. The molecular weight excluding hydrogens is 705 g/mol. The van der Waals surface area contributed by atoms with Crippen LogP contribution in [0.5, 0.6) is 0 Å². The Kier molecular flexibility index (Phi) is 11.2. The van der Waals surface area contributed by atoms with Gasteiger partial charge in [-0.05, 0) is 142 Å². The molecule has 0 saturated heterocycles. The minimum atomic E-state index is 1.12. The Balaban J connectivity index is 0.950. The lowest BCUT2D eigenvalue weighted by Gasteiger charge is -2.26. The second kappa shape index (κ2) is 17.2. The molecule has 8 aromatic rings. The number of hydrogen-bond acceptors (Lipinski definition) is 4. The third kappa shape index (κ3) is 8.72. The second-order valence-electron chi connectivity index (χ2n) is 14.9. The van der Waals surface area contributed by atoms with Crippen molar-refractivity contribution in [3.8, 4) is 0 Å². The van der Waals surface area contributed by atoms with Crippen LogP contribution in [0.25, 0.3) is 35.1 Å². The molecule has 0 atom stereocenters. The fourth-order valence-electron chi connectivity index (χ4n) is 7.19. The van der Waals surface area contributed by atoms with Crippen LogP contribution in [0.4, 0.5) is 45.5 Å². The van der Waals surface area contributed by atoms with E-state index in [1.54, 1.807) is 0 Å². The van der Waals surface area contributed by atoms with E-state index in [0.29, 0.717) is 0 Å². The first kappa shape index (κ1) is 37.6. The highest BCUT2D eigenvalue weighted by atomic mass is 15.1. The Morgan fingerprint density at radius 2 is 0.517 bits per heavy atom. The van der Waals surface area contributed by atoms with E-state index in [9.17, 15) is 0 Å². The molecule has 0 fully saturated rings. The third-order valence-corrected chi connectivity index (χ3v) is 10.4. The third-order valence-electron chi connectivity index (χ3n) is 10.4. The van der Waals surface area contributed by atoms with Gasteiger partial charge in [-0.25, -0.2) is 0 Å². The zero-order valence-corrected chi connectivity index (χ0v) is 33.6. The molecule has 4 nitrogen and oxygen atoms in total. The van der Waals surface area contributed by atoms with Gasteiger partial charge >= 0.3 is 0 Å². The van der Waals surface area contributed by atoms with Crippen molar-refractivity contribution in [2.45, 2.75) is 0 Å². The number of fused-ring (bicyclic) bond motifs is 1. The van der Waals surface area contributed by atoms with Crippen LogP contribution < -0.4 is 19.6 Å². The largest absolute Gasteiger partial charge is 0.378 e. The summed E-state index contributed by atoms with van der Waals surface area (Å²) in [4.78, 5) is 8.83. The van der Waals surface area contributed by atoms with Gasteiger partial charge < -0.3 is 19.6 Å². The van der Waals surface area contributed by atoms with Crippen molar-refractivity contribution < 1.29 is 0 Å². The Morgan fingerprint density at radius 3 is 0.845 bits per heavy atom. The van der Waals surface area contributed by atoms with Crippen molar-refractivity contribution in [1.29, 1.82) is 0 Å². The zero-order chi connectivity index (χ0) is 39.8. The highest BCUT2D eigenvalue weighted by Crippen LogP contribution is 2.37. The van der Waals surface area contributed by atoms with Crippen molar-refractivity contribution >= 4 is 80.6 Å². The number of rotatable bonds is 12. The Hall–Kier alpha value is -7.30. The van der Waals surface area contributed by atoms with Crippen molar-refractivity contribution in [2.75, 3.05) is 47.8 Å². The van der Waals surface area contributed by atoms with Crippen LogP contribution in [0, 0.1) is 0 Å². The van der Waals surface area contributed by atoms with Crippen LogP contribution in [-0.2, 0) is 0 Å². The van der Waals surface area contributed by atoms with E-state index in [-0.39, 0.29) is 0 Å². The summed E-state index contributed by atoms with van der Waals surface area (Å²) in [5, 5.41) is 2.44. The van der Waals surface area contributed by atoms with Crippen LogP contribution in [0.1, 0.15) is 22.3 Å². The van der Waals surface area contributed by atoms with Crippen molar-refractivity contribution in [1.82, 2.24) is 0 Å². The van der Waals surface area contributed by atoms with Crippen LogP contribution in [0.2, 0.25) is 0 Å². The van der Waals surface area contributed by atoms with Gasteiger partial charge in [0.05, 0.1) is 0 Å². The van der Waals surface area contributed by atoms with E-state index < -0.39 is 0 Å². The average Bonchev–Trinajstić information content (AvgIpc) is 3.27. The quantitative estimate of drug-likeness (QED) is 0.115. The van der Waals surface area contributed by atoms with E-state index in [4.69, 9.17) is 0 Å². The van der Waals surface area contributed by atoms with E-state index in [1.165, 1.54) is 33.3 Å². The van der Waals surface area contributed by atoms with Gasteiger partial charge in [0.25, 0.3) is 0 Å². The minimum Gasteiger partial charge on any atom is -0.378 e. The van der Waals surface area contributed by atoms with Gasteiger partial charge in [0.2, 0.25) is 0 Å². The first-order valence-corrected chi connectivity index (χ1v) is 19.7. The van der Waals surface area contributed by atoms with Crippen molar-refractivity contribution in [2.24, 2.45) is 0 Å². The smallest absolute Gasteiger partial charge is 0.0463 e. The summed E-state index contributed by atoms with van der Waals surface area (Å²) < 4.78 is 0. The lowest BCUT2D eigenvalue weighted by molar-refractivity contribution is 1.13. The van der Waals surface area contributed by atoms with E-state index in [2.05, 4.69) is 266 Å². The Bertz CT molecular complexity index is 2440. The van der Waals surface area contributed by atoms with Gasteiger partial charge in [0.1, 0.15) is 0 Å². The van der Waals surface area contributed by atoms with Crippen molar-refractivity contribution in [3.05, 3.63) is 216 Å². The van der Waals surface area contributed by atoms with Gasteiger partial charge in [0, 0.05) is 73.7 Å². The summed E-state index contributed by atoms with van der Waals surface area (Å²) in [5.74, 6) is 0. The molecule has 8 rings (SSSR count). The van der Waals surface area contributed by atoms with Gasteiger partial charge in [0.15, 0.2) is 0 Å². The van der Waals surface area contributed by atoms with Crippen LogP contribution in [-0.4, -0.2) is 28.2 Å². The van der Waals surface area contributed by atoms with Crippen LogP contribution >= 0.6 is 0 Å². The molecule has 284 valence electrons. The summed E-state index contributed by atoms with van der Waals surface area (Å²) in [7, 11) is 8.27. The monoisotopic (exact) mass is 752 g/mol. The lowest BCUT2D eigenvalue weighted by atomic mass is 10.0. The molecule has 0 aromatic heterocycles. The molecule has 0 aliphatic rings. The molecule has 0 aliphatic carbocycles. The lowest BCUT2D eigenvalue weighted by Crippen LogP contribution is -2.11. The standard InChI is InChI=1S/C54H48N4/c1-55(2)47-31-35-53(36-32-47)57(49-11-7-5-8-12-49)51-27-21-41(22-28-51)15-17-43-19-25-46-40-44(20-26-45(46)39-43)18-16-42-23-29-52(30-24-42)58(50-13-9-6-10-14-50)54-37-33-48(34-38-54)56(3)4/h5-40H,1-4H3/b17-15+,18-16+. The molecule has 0 radical (unpaired) electrons. The first-order valence-electron chi connectivity index (χ1n) is 19.7. The molecule has 0 spiro atoms. The maximum atomic E-state index is 2.29. The van der Waals surface area contributed by atoms with Crippen molar-refractivity contribution in [3.63, 3.8) is 0 Å². The number of hydrogen-bond donors (Lipinski definition) is 0. The summed E-state index contributed by atoms with van der Waals surface area (Å²) in [5.41, 5.74) is 13.7. The summed E-state index contributed by atoms with van der Waals surface area (Å²) in [6, 6.07) is 69.3. The average molecular weight is 753 g/mol. The SMILES string of the molecule is CN(C)c1ccc(N(c2ccccc2)c2ccc(/C=C/c3ccc4cc(/C=C/c5ccc(N(c6ccccc6)c6ccc(N(C)C)cc6)cc5)ccc4c3)cc2)cc1. The van der Waals surface area contributed by atoms with Gasteiger partial charge in [-0.3, -0.25) is 0 Å². The molecule has 0 unspecified atom stereocenters. The van der Waals surface area contributed by atoms with Gasteiger partial charge in [-0.1, -0.05) is 109 Å². The molecular formula is C54H48N4. The Labute approximate surface area is 343 Å². The molecule has 0 bridgehead atoms. The van der Waals surface area contributed by atoms with Crippen LogP contribution in [0.15, 0.2) is 194 Å². The maximum absolute atomic E-state index is 2.29. The molecule has 0 aliphatic heterocycles. The second-order valence-corrected chi connectivity index (χ2v) is 14.9. The zero-order valence-electron chi connectivity index (χ0n) is 33.6. The van der Waals surface area contributed by atoms with E-state index in [1.807, 2.05) is 0 Å². The number of anilines is 8. The summed E-state index contributed by atoms with van der Waals surface area (Å²) >= 11 is 0. The molecule has 0 heterocycles. The molecule has 0 saturated carbocycles. The van der Waals surface area contributed by atoms with Gasteiger partial charge in [-0.15, -0.1) is 0 Å². The fraction of sp³-hybridized carbons (Fsp3) is 0.0741. The summed E-state index contributed by atoms with van der Waals surface area (Å²) in [6.07, 6.45) is 8.76. The normalized spacial score (nSPS) is 11.3. The first-order chi connectivity index (χ1) is 28.4. The predicted molar refractivity (Wildman–Crippen MR) is 253 cm³/mol. The number of benzene rings is 8. The maximum Gasteiger partial charge on any atom is 0.0463 e. The highest BCUT2D eigenvalue weighted by molar-refractivity contribution is 5.89. The fourth-order valence-corrected chi connectivity index (χ4v) is 7.19. The predicted octanol–water partition coefficient (Wildman–Crippen LogP) is 14.3. The van der Waals surface area contributed by atoms with E-state index in [0.717, 1.165) is 45.3 Å². The van der Waals surface area contributed by atoms with Crippen LogP contribution in [0.3, 0.4) is 0 Å². The molecule has 0 N–H and O–H groups in total. The molecule has 58 heavy (non-hydrogen) atoms. The number of para-hydroxylation sites is 2. The van der Waals surface area contributed by atoms with E-state index >= 15 is 0 Å². The van der Waals surface area contributed by atoms with Gasteiger partial charge in [-0.2, -0.15) is 0 Å². The molecule has 4 heteroatoms.